The highest BCUT2D eigenvalue weighted by atomic mass is 32.2. The number of oxime groups is 1. The van der Waals surface area contributed by atoms with Crippen molar-refractivity contribution in [3.8, 4) is 0 Å². The van der Waals surface area contributed by atoms with E-state index in [1.54, 1.807) is 6.92 Å². The molecule has 11 heteroatoms. The van der Waals surface area contributed by atoms with Crippen LogP contribution in [0.1, 0.15) is 32.3 Å². The quantitative estimate of drug-likeness (QED) is 0.579. The molecule has 1 heterocycles. The number of para-hydroxylation sites is 1. The standard InChI is InChI=1S/C16H20F3N3O4S/c1-3-15(2)8-9-22(14(23)13(15)20-24)10-11-6-4-5-7-12(11)21-27(25,26)16(17,18)19/h4-7,21,24H,3,8-10H2,1-2H3/b20-13-. The number of hydrogen-bond acceptors (Lipinski definition) is 5. The second kappa shape index (κ2) is 7.37. The fraction of sp³-hybridized carbons (Fsp3) is 0.500. The van der Waals surface area contributed by atoms with E-state index in [1.165, 1.54) is 33.9 Å². The smallest absolute Gasteiger partial charge is 0.410 e. The Balaban J connectivity index is 2.28. The van der Waals surface area contributed by atoms with Crippen molar-refractivity contribution in [1.29, 1.82) is 0 Å². The number of amides is 1. The number of piperidine rings is 1. The van der Waals surface area contributed by atoms with E-state index in [4.69, 9.17) is 0 Å². The van der Waals surface area contributed by atoms with Gasteiger partial charge < -0.3 is 10.1 Å². The average Bonchev–Trinajstić information content (AvgIpc) is 2.58. The molecule has 1 aromatic rings. The molecule has 27 heavy (non-hydrogen) atoms. The maximum absolute atomic E-state index is 12.6. The maximum Gasteiger partial charge on any atom is 0.516 e. The second-order valence-corrected chi connectivity index (χ2v) is 8.22. The van der Waals surface area contributed by atoms with Crippen LogP contribution in [0.25, 0.3) is 0 Å². The Labute approximate surface area is 154 Å². The van der Waals surface area contributed by atoms with Gasteiger partial charge in [0.05, 0.1) is 5.69 Å². The summed E-state index contributed by atoms with van der Waals surface area (Å²) < 4.78 is 62.2. The summed E-state index contributed by atoms with van der Waals surface area (Å²) in [4.78, 5) is 13.9. The maximum atomic E-state index is 12.6. The van der Waals surface area contributed by atoms with Gasteiger partial charge in [0.25, 0.3) is 5.91 Å². The van der Waals surface area contributed by atoms with Crippen LogP contribution in [0.2, 0.25) is 0 Å². The largest absolute Gasteiger partial charge is 0.516 e. The molecule has 1 fully saturated rings. The Hall–Kier alpha value is -2.30. The lowest BCUT2D eigenvalue weighted by atomic mass is 9.76. The Morgan fingerprint density at radius 1 is 1.33 bits per heavy atom. The number of benzene rings is 1. The third kappa shape index (κ3) is 4.18. The predicted molar refractivity (Wildman–Crippen MR) is 92.7 cm³/mol. The summed E-state index contributed by atoms with van der Waals surface area (Å²) in [5, 5.41) is 12.4. The molecular formula is C16H20F3N3O4S. The third-order valence-corrected chi connectivity index (χ3v) is 5.90. The zero-order chi connectivity index (χ0) is 20.5. The minimum absolute atomic E-state index is 0.0235. The number of halogens is 3. The predicted octanol–water partition coefficient (Wildman–Crippen LogP) is 2.93. The highest BCUT2D eigenvalue weighted by Gasteiger charge is 2.46. The number of alkyl halides is 3. The summed E-state index contributed by atoms with van der Waals surface area (Å²) in [5.74, 6) is -0.540. The minimum atomic E-state index is -5.58. The van der Waals surface area contributed by atoms with Crippen molar-refractivity contribution < 1.29 is 31.6 Å². The van der Waals surface area contributed by atoms with Gasteiger partial charge in [-0.15, -0.1) is 0 Å². The van der Waals surface area contributed by atoms with Gasteiger partial charge in [0, 0.05) is 18.5 Å². The summed E-state index contributed by atoms with van der Waals surface area (Å²) in [6, 6.07) is 5.51. The van der Waals surface area contributed by atoms with Crippen LogP contribution in [0.15, 0.2) is 29.4 Å². The number of nitrogens with one attached hydrogen (secondary N) is 1. The van der Waals surface area contributed by atoms with E-state index in [2.05, 4.69) is 5.16 Å². The van der Waals surface area contributed by atoms with Crippen molar-refractivity contribution in [1.82, 2.24) is 4.90 Å². The fourth-order valence-electron chi connectivity index (χ4n) is 2.83. The van der Waals surface area contributed by atoms with E-state index in [-0.39, 0.29) is 23.5 Å². The van der Waals surface area contributed by atoms with Crippen molar-refractivity contribution in [2.45, 2.75) is 38.7 Å². The molecule has 1 aliphatic rings. The van der Waals surface area contributed by atoms with Crippen LogP contribution in [0.4, 0.5) is 18.9 Å². The summed E-state index contributed by atoms with van der Waals surface area (Å²) in [5.41, 5.74) is -6.16. The molecule has 1 saturated heterocycles. The van der Waals surface area contributed by atoms with E-state index < -0.39 is 26.9 Å². The molecule has 0 radical (unpaired) electrons. The summed E-state index contributed by atoms with van der Waals surface area (Å²) in [6.45, 7) is 3.81. The van der Waals surface area contributed by atoms with Crippen LogP contribution in [0.5, 0.6) is 0 Å². The molecule has 2 rings (SSSR count). The Morgan fingerprint density at radius 3 is 2.52 bits per heavy atom. The molecule has 0 aliphatic carbocycles. The van der Waals surface area contributed by atoms with E-state index in [9.17, 15) is 31.6 Å². The molecule has 150 valence electrons. The minimum Gasteiger partial charge on any atom is -0.410 e. The fourth-order valence-corrected chi connectivity index (χ4v) is 3.44. The van der Waals surface area contributed by atoms with Gasteiger partial charge in [0.1, 0.15) is 0 Å². The summed E-state index contributed by atoms with van der Waals surface area (Å²) >= 11 is 0. The van der Waals surface area contributed by atoms with Gasteiger partial charge in [-0.25, -0.2) is 0 Å². The first kappa shape index (κ1) is 21.0. The molecule has 0 bridgehead atoms. The van der Waals surface area contributed by atoms with Gasteiger partial charge in [0.2, 0.25) is 0 Å². The van der Waals surface area contributed by atoms with Gasteiger partial charge in [0.15, 0.2) is 5.71 Å². The molecule has 0 saturated carbocycles. The number of likely N-dealkylation sites (tertiary alicyclic amines) is 1. The molecule has 1 amide bonds. The van der Waals surface area contributed by atoms with Gasteiger partial charge in [-0.2, -0.15) is 21.6 Å². The Kier molecular flexibility index (Phi) is 5.74. The SMILES string of the molecule is CCC1(C)CCN(Cc2ccccc2NS(=O)(=O)C(F)(F)F)C(=O)/C1=N/O. The number of anilines is 1. The molecule has 1 unspecified atom stereocenters. The average molecular weight is 407 g/mol. The molecule has 2 N–H and O–H groups in total. The van der Waals surface area contributed by atoms with Crippen LogP contribution >= 0.6 is 0 Å². The topological polar surface area (TPSA) is 99.1 Å². The van der Waals surface area contributed by atoms with Crippen molar-refractivity contribution in [3.63, 3.8) is 0 Å². The number of carbonyl (C=O) groups is 1. The number of carbonyl (C=O) groups excluding carboxylic acids is 1. The number of rotatable bonds is 5. The lowest BCUT2D eigenvalue weighted by Gasteiger charge is -2.38. The van der Waals surface area contributed by atoms with E-state index in [1.807, 2.05) is 6.92 Å². The van der Waals surface area contributed by atoms with E-state index in [0.29, 0.717) is 19.4 Å². The molecule has 7 nitrogen and oxygen atoms in total. The van der Waals surface area contributed by atoms with E-state index >= 15 is 0 Å². The molecule has 1 aliphatic heterocycles. The summed E-state index contributed by atoms with van der Waals surface area (Å²) in [6.07, 6.45) is 1.08. The van der Waals surface area contributed by atoms with Crippen LogP contribution in [-0.2, 0) is 21.4 Å². The zero-order valence-corrected chi connectivity index (χ0v) is 15.6. The Bertz CT molecular complexity index is 855. The number of nitrogens with zero attached hydrogens (tertiary/aromatic N) is 2. The molecule has 1 atom stereocenters. The van der Waals surface area contributed by atoms with Crippen LogP contribution in [-0.4, -0.2) is 42.2 Å². The second-order valence-electron chi connectivity index (χ2n) is 6.55. The lowest BCUT2D eigenvalue weighted by molar-refractivity contribution is -0.127. The normalized spacial score (nSPS) is 22.9. The van der Waals surface area contributed by atoms with Crippen LogP contribution in [0.3, 0.4) is 0 Å². The first-order valence-electron chi connectivity index (χ1n) is 8.14. The third-order valence-electron chi connectivity index (χ3n) is 4.80. The molecule has 1 aromatic carbocycles. The number of sulfonamides is 1. The first-order chi connectivity index (χ1) is 12.4. The van der Waals surface area contributed by atoms with Crippen LogP contribution < -0.4 is 4.72 Å². The highest BCUT2D eigenvalue weighted by molar-refractivity contribution is 7.93. The Morgan fingerprint density at radius 2 is 1.96 bits per heavy atom. The molecule has 0 aromatic heterocycles. The lowest BCUT2D eigenvalue weighted by Crippen LogP contribution is -2.50. The number of hydrogen-bond donors (Lipinski definition) is 2. The molecular weight excluding hydrogens is 387 g/mol. The zero-order valence-electron chi connectivity index (χ0n) is 14.7. The van der Waals surface area contributed by atoms with Crippen LogP contribution in [0, 0.1) is 5.41 Å². The van der Waals surface area contributed by atoms with Crippen molar-refractivity contribution in [2.24, 2.45) is 10.6 Å². The van der Waals surface area contributed by atoms with Gasteiger partial charge in [-0.05, 0) is 24.5 Å². The highest BCUT2D eigenvalue weighted by Crippen LogP contribution is 2.34. The van der Waals surface area contributed by atoms with Crippen molar-refractivity contribution in [3.05, 3.63) is 29.8 Å². The summed E-state index contributed by atoms with van der Waals surface area (Å²) in [7, 11) is -5.58. The van der Waals surface area contributed by atoms with E-state index in [0.717, 1.165) is 0 Å². The van der Waals surface area contributed by atoms with Gasteiger partial charge >= 0.3 is 15.5 Å². The van der Waals surface area contributed by atoms with Gasteiger partial charge in [-0.3, -0.25) is 9.52 Å². The van der Waals surface area contributed by atoms with Crippen molar-refractivity contribution in [2.75, 3.05) is 11.3 Å². The van der Waals surface area contributed by atoms with Gasteiger partial charge in [-0.1, -0.05) is 37.2 Å². The molecule has 0 spiro atoms. The first-order valence-corrected chi connectivity index (χ1v) is 9.62. The monoisotopic (exact) mass is 407 g/mol. The van der Waals surface area contributed by atoms with Crippen molar-refractivity contribution >= 4 is 27.3 Å².